The Bertz CT molecular complexity index is 259. The molecule has 3 nitrogen and oxygen atoms in total. The van der Waals surface area contributed by atoms with Crippen LogP contribution in [-0.4, -0.2) is 19.8 Å². The molecule has 2 unspecified atom stereocenters. The number of methoxy groups -OCH3 is 1. The third-order valence-electron chi connectivity index (χ3n) is 2.79. The van der Waals surface area contributed by atoms with Gasteiger partial charge in [-0.3, -0.25) is 0 Å². The molecule has 1 heterocycles. The van der Waals surface area contributed by atoms with E-state index in [9.17, 15) is 0 Å². The summed E-state index contributed by atoms with van der Waals surface area (Å²) in [7, 11) is 1.76. The normalized spacial score (nSPS) is 14.9. The van der Waals surface area contributed by atoms with E-state index in [1.165, 1.54) is 0 Å². The highest BCUT2D eigenvalue weighted by Gasteiger charge is 2.14. The van der Waals surface area contributed by atoms with Gasteiger partial charge in [-0.25, -0.2) is 0 Å². The van der Waals surface area contributed by atoms with Crippen molar-refractivity contribution < 1.29 is 9.15 Å². The first-order valence-electron chi connectivity index (χ1n) is 6.07. The van der Waals surface area contributed by atoms with Crippen molar-refractivity contribution in [1.82, 2.24) is 5.32 Å². The van der Waals surface area contributed by atoms with Gasteiger partial charge in [-0.05, 0) is 44.9 Å². The van der Waals surface area contributed by atoms with E-state index < -0.39 is 0 Å². The number of furan rings is 1. The summed E-state index contributed by atoms with van der Waals surface area (Å²) >= 11 is 0. The minimum absolute atomic E-state index is 0.306. The number of nitrogens with one attached hydrogen (secondary N) is 1. The van der Waals surface area contributed by atoms with Crippen LogP contribution in [-0.2, 0) is 4.74 Å². The van der Waals surface area contributed by atoms with Crippen molar-refractivity contribution in [3.8, 4) is 0 Å². The first-order chi connectivity index (χ1) is 7.77. The molecule has 0 bridgehead atoms. The lowest BCUT2D eigenvalue weighted by Crippen LogP contribution is -2.23. The van der Waals surface area contributed by atoms with Gasteiger partial charge in [-0.1, -0.05) is 6.92 Å². The molecule has 0 spiro atoms. The maximum absolute atomic E-state index is 5.46. The van der Waals surface area contributed by atoms with Crippen LogP contribution in [0.15, 0.2) is 22.8 Å². The average molecular weight is 225 g/mol. The van der Waals surface area contributed by atoms with Crippen LogP contribution < -0.4 is 5.32 Å². The van der Waals surface area contributed by atoms with Crippen LogP contribution in [0.2, 0.25) is 0 Å². The number of hydrogen-bond acceptors (Lipinski definition) is 3. The van der Waals surface area contributed by atoms with Gasteiger partial charge in [0.1, 0.15) is 5.76 Å². The van der Waals surface area contributed by atoms with E-state index in [2.05, 4.69) is 19.2 Å². The van der Waals surface area contributed by atoms with E-state index in [4.69, 9.17) is 9.15 Å². The quantitative estimate of drug-likeness (QED) is 0.738. The van der Waals surface area contributed by atoms with Crippen molar-refractivity contribution in [3.63, 3.8) is 0 Å². The van der Waals surface area contributed by atoms with E-state index in [1.54, 1.807) is 13.4 Å². The zero-order valence-electron chi connectivity index (χ0n) is 10.5. The number of ether oxygens (including phenoxy) is 1. The molecule has 1 N–H and O–H groups in total. The van der Waals surface area contributed by atoms with E-state index in [0.29, 0.717) is 12.1 Å². The van der Waals surface area contributed by atoms with Gasteiger partial charge in [-0.15, -0.1) is 0 Å². The maximum atomic E-state index is 5.46. The highest BCUT2D eigenvalue weighted by atomic mass is 16.5. The van der Waals surface area contributed by atoms with Gasteiger partial charge in [0.15, 0.2) is 0 Å². The fourth-order valence-corrected chi connectivity index (χ4v) is 1.67. The molecule has 0 aliphatic heterocycles. The van der Waals surface area contributed by atoms with Gasteiger partial charge in [0.25, 0.3) is 0 Å². The predicted octanol–water partition coefficient (Wildman–Crippen LogP) is 3.14. The third kappa shape index (κ3) is 4.37. The highest BCUT2D eigenvalue weighted by Crippen LogP contribution is 2.20. The summed E-state index contributed by atoms with van der Waals surface area (Å²) in [5.41, 5.74) is 0. The summed E-state index contributed by atoms with van der Waals surface area (Å²) in [4.78, 5) is 0. The van der Waals surface area contributed by atoms with E-state index in [0.717, 1.165) is 31.6 Å². The molecule has 1 rings (SSSR count). The third-order valence-corrected chi connectivity index (χ3v) is 2.79. The summed E-state index contributed by atoms with van der Waals surface area (Å²) in [6.07, 6.45) is 5.26. The molecule has 0 amide bonds. The fourth-order valence-electron chi connectivity index (χ4n) is 1.67. The van der Waals surface area contributed by atoms with Crippen molar-refractivity contribution in [1.29, 1.82) is 0 Å². The lowest BCUT2D eigenvalue weighted by Gasteiger charge is -2.18. The summed E-state index contributed by atoms with van der Waals surface area (Å²) in [5, 5.41) is 3.50. The van der Waals surface area contributed by atoms with Crippen LogP contribution in [0.3, 0.4) is 0 Å². The lowest BCUT2D eigenvalue weighted by molar-refractivity contribution is 0.105. The Morgan fingerprint density at radius 3 is 2.81 bits per heavy atom. The summed E-state index contributed by atoms with van der Waals surface area (Å²) in [6, 6.07) is 4.29. The van der Waals surface area contributed by atoms with E-state index >= 15 is 0 Å². The molecule has 1 aromatic heterocycles. The Hall–Kier alpha value is -0.800. The second-order valence-electron chi connectivity index (χ2n) is 4.15. The molecule has 1 aromatic rings. The molecule has 0 aliphatic carbocycles. The smallest absolute Gasteiger partial charge is 0.120 e. The first-order valence-corrected chi connectivity index (χ1v) is 6.07. The molecule has 0 aromatic carbocycles. The molecule has 0 fully saturated rings. The second kappa shape index (κ2) is 7.47. The monoisotopic (exact) mass is 225 g/mol. The topological polar surface area (TPSA) is 34.4 Å². The lowest BCUT2D eigenvalue weighted by atomic mass is 10.1. The molecule has 0 saturated heterocycles. The number of hydrogen-bond donors (Lipinski definition) is 1. The largest absolute Gasteiger partial charge is 0.468 e. The van der Waals surface area contributed by atoms with E-state index in [-0.39, 0.29) is 0 Å². The predicted molar refractivity (Wildman–Crippen MR) is 65.4 cm³/mol. The molecule has 92 valence electrons. The molecular formula is C13H23NO2. The molecule has 2 atom stereocenters. The van der Waals surface area contributed by atoms with Crippen molar-refractivity contribution in [2.75, 3.05) is 13.7 Å². The zero-order chi connectivity index (χ0) is 11.8. The minimum atomic E-state index is 0.306. The molecule has 3 heteroatoms. The van der Waals surface area contributed by atoms with Crippen molar-refractivity contribution in [2.45, 2.75) is 45.3 Å². The van der Waals surface area contributed by atoms with Gasteiger partial charge >= 0.3 is 0 Å². The van der Waals surface area contributed by atoms with Crippen LogP contribution in [0.4, 0.5) is 0 Å². The van der Waals surface area contributed by atoms with Gasteiger partial charge in [0.05, 0.1) is 18.4 Å². The maximum Gasteiger partial charge on any atom is 0.120 e. The van der Waals surface area contributed by atoms with Gasteiger partial charge in [0, 0.05) is 7.11 Å². The second-order valence-corrected chi connectivity index (χ2v) is 4.15. The Morgan fingerprint density at radius 2 is 2.25 bits per heavy atom. The van der Waals surface area contributed by atoms with Crippen molar-refractivity contribution in [3.05, 3.63) is 24.2 Å². The van der Waals surface area contributed by atoms with Crippen LogP contribution in [0.25, 0.3) is 0 Å². The van der Waals surface area contributed by atoms with Crippen LogP contribution in [0.5, 0.6) is 0 Å². The highest BCUT2D eigenvalue weighted by molar-refractivity contribution is 5.04. The van der Waals surface area contributed by atoms with Crippen molar-refractivity contribution >= 4 is 0 Å². The first kappa shape index (κ1) is 13.3. The SMILES string of the molecule is CCCNC(CCC(C)OC)c1ccco1. The van der Waals surface area contributed by atoms with Gasteiger partial charge in [0.2, 0.25) is 0 Å². The van der Waals surface area contributed by atoms with Crippen LogP contribution in [0.1, 0.15) is 44.9 Å². The fraction of sp³-hybridized carbons (Fsp3) is 0.692. The van der Waals surface area contributed by atoms with Crippen LogP contribution in [0, 0.1) is 0 Å². The zero-order valence-corrected chi connectivity index (χ0v) is 10.5. The Balaban J connectivity index is 2.44. The van der Waals surface area contributed by atoms with Gasteiger partial charge < -0.3 is 14.5 Å². The Morgan fingerprint density at radius 1 is 1.44 bits per heavy atom. The summed E-state index contributed by atoms with van der Waals surface area (Å²) < 4.78 is 10.7. The number of rotatable bonds is 8. The Kier molecular flexibility index (Phi) is 6.19. The van der Waals surface area contributed by atoms with Crippen molar-refractivity contribution in [2.24, 2.45) is 0 Å². The minimum Gasteiger partial charge on any atom is -0.468 e. The summed E-state index contributed by atoms with van der Waals surface area (Å²) in [5.74, 6) is 1.02. The van der Waals surface area contributed by atoms with Gasteiger partial charge in [-0.2, -0.15) is 0 Å². The molecule has 0 saturated carbocycles. The molecular weight excluding hydrogens is 202 g/mol. The summed E-state index contributed by atoms with van der Waals surface area (Å²) in [6.45, 7) is 5.29. The average Bonchev–Trinajstić information content (AvgIpc) is 2.82. The molecule has 0 radical (unpaired) electrons. The standard InChI is InChI=1S/C13H23NO2/c1-4-9-14-12(8-7-11(2)15-3)13-6-5-10-16-13/h5-6,10-12,14H,4,7-9H2,1-3H3. The molecule has 16 heavy (non-hydrogen) atoms. The van der Waals surface area contributed by atoms with E-state index in [1.807, 2.05) is 12.1 Å². The molecule has 0 aliphatic rings. The van der Waals surface area contributed by atoms with Crippen LogP contribution >= 0.6 is 0 Å². The Labute approximate surface area is 98.2 Å².